The first-order valence-electron chi connectivity index (χ1n) is 4.27. The van der Waals surface area contributed by atoms with Crippen LogP contribution >= 0.6 is 11.3 Å². The number of hydrogen-bond acceptors (Lipinski definition) is 3. The summed E-state index contributed by atoms with van der Waals surface area (Å²) in [6.45, 7) is 0. The van der Waals surface area contributed by atoms with Crippen molar-refractivity contribution >= 4 is 23.0 Å². The van der Waals surface area contributed by atoms with E-state index in [0.29, 0.717) is 4.88 Å². The van der Waals surface area contributed by atoms with Gasteiger partial charge >= 0.3 is 5.97 Å². The molecule has 1 heterocycles. The fourth-order valence-electron chi connectivity index (χ4n) is 0.853. The molecule has 1 aromatic carbocycles. The molecule has 4 heteroatoms. The summed E-state index contributed by atoms with van der Waals surface area (Å²) in [5.74, 6) is -0.847. The van der Waals surface area contributed by atoms with Crippen LogP contribution in [-0.4, -0.2) is 11.1 Å². The minimum Gasteiger partial charge on any atom is -0.477 e. The van der Waals surface area contributed by atoms with Gasteiger partial charge in [-0.25, -0.2) is 4.79 Å². The Balaban J connectivity index is 0.000000151. The van der Waals surface area contributed by atoms with Gasteiger partial charge in [0.15, 0.2) is 0 Å². The third kappa shape index (κ3) is 4.28. The molecular weight excluding hydrogens is 210 g/mol. The number of hydrogen-bond donors (Lipinski definition) is 2. The molecule has 0 atom stereocenters. The SMILES string of the molecule is Nc1ccccc1.O=C(O)c1cccs1. The maximum atomic E-state index is 10.1. The molecule has 0 saturated carbocycles. The fourth-order valence-corrected chi connectivity index (χ4v) is 1.41. The summed E-state index contributed by atoms with van der Waals surface area (Å²) in [6.07, 6.45) is 0. The summed E-state index contributed by atoms with van der Waals surface area (Å²) in [4.78, 5) is 10.5. The number of nitrogen functional groups attached to an aromatic ring is 1. The number of anilines is 1. The highest BCUT2D eigenvalue weighted by molar-refractivity contribution is 7.11. The van der Waals surface area contributed by atoms with E-state index in [2.05, 4.69) is 0 Å². The minimum absolute atomic E-state index is 0.394. The molecule has 78 valence electrons. The number of benzene rings is 1. The Morgan fingerprint density at radius 3 is 2.07 bits per heavy atom. The van der Waals surface area contributed by atoms with Gasteiger partial charge in [-0.2, -0.15) is 0 Å². The van der Waals surface area contributed by atoms with Gasteiger partial charge in [0.25, 0.3) is 0 Å². The molecule has 0 fully saturated rings. The Hall–Kier alpha value is -1.81. The van der Waals surface area contributed by atoms with Gasteiger partial charge < -0.3 is 10.8 Å². The van der Waals surface area contributed by atoms with E-state index in [9.17, 15) is 4.79 Å². The van der Waals surface area contributed by atoms with Gasteiger partial charge in [-0.15, -0.1) is 11.3 Å². The Kier molecular flexibility index (Phi) is 4.37. The van der Waals surface area contributed by atoms with Gasteiger partial charge in [0, 0.05) is 5.69 Å². The normalized spacial score (nSPS) is 8.80. The quantitative estimate of drug-likeness (QED) is 0.728. The smallest absolute Gasteiger partial charge is 0.345 e. The Morgan fingerprint density at radius 1 is 1.13 bits per heavy atom. The number of rotatable bonds is 1. The van der Waals surface area contributed by atoms with E-state index in [-0.39, 0.29) is 0 Å². The number of carbonyl (C=O) groups is 1. The lowest BCUT2D eigenvalue weighted by atomic mass is 10.3. The van der Waals surface area contributed by atoms with Crippen molar-refractivity contribution in [2.24, 2.45) is 0 Å². The first-order valence-corrected chi connectivity index (χ1v) is 5.15. The molecule has 3 nitrogen and oxygen atoms in total. The van der Waals surface area contributed by atoms with Crippen LogP contribution in [0, 0.1) is 0 Å². The molecule has 0 aliphatic heterocycles. The third-order valence-electron chi connectivity index (χ3n) is 1.53. The number of para-hydroxylation sites is 1. The lowest BCUT2D eigenvalue weighted by molar-refractivity contribution is 0.0702. The molecule has 2 rings (SSSR count). The van der Waals surface area contributed by atoms with Crippen LogP contribution in [0.1, 0.15) is 9.67 Å². The maximum absolute atomic E-state index is 10.1. The zero-order valence-electron chi connectivity index (χ0n) is 7.96. The first-order chi connectivity index (χ1) is 7.20. The standard InChI is InChI=1S/C6H7N.C5H4O2S/c7-6-4-2-1-3-5-6;6-5(7)4-2-1-3-8-4/h1-5H,7H2;1-3H,(H,6,7). The largest absolute Gasteiger partial charge is 0.477 e. The van der Waals surface area contributed by atoms with Crippen LogP contribution in [0.15, 0.2) is 47.8 Å². The summed E-state index contributed by atoms with van der Waals surface area (Å²) in [6, 6.07) is 12.8. The van der Waals surface area contributed by atoms with Gasteiger partial charge in [0.1, 0.15) is 4.88 Å². The van der Waals surface area contributed by atoms with Gasteiger partial charge in [-0.05, 0) is 23.6 Å². The molecule has 0 aliphatic rings. The predicted octanol–water partition coefficient (Wildman–Crippen LogP) is 2.72. The van der Waals surface area contributed by atoms with E-state index in [1.54, 1.807) is 17.5 Å². The molecule has 0 spiro atoms. The van der Waals surface area contributed by atoms with Crippen molar-refractivity contribution in [1.29, 1.82) is 0 Å². The molecule has 0 radical (unpaired) electrons. The van der Waals surface area contributed by atoms with Crippen molar-refractivity contribution < 1.29 is 9.90 Å². The number of nitrogens with two attached hydrogens (primary N) is 1. The summed E-state index contributed by atoms with van der Waals surface area (Å²) < 4.78 is 0. The molecule has 0 amide bonds. The molecule has 0 saturated heterocycles. The molecule has 1 aromatic heterocycles. The van der Waals surface area contributed by atoms with Crippen molar-refractivity contribution in [2.75, 3.05) is 5.73 Å². The van der Waals surface area contributed by atoms with Crippen LogP contribution in [-0.2, 0) is 0 Å². The van der Waals surface area contributed by atoms with Gasteiger partial charge in [0.2, 0.25) is 0 Å². The van der Waals surface area contributed by atoms with Gasteiger partial charge in [0.05, 0.1) is 0 Å². The Bertz CT molecular complexity index is 398. The predicted molar refractivity (Wildman–Crippen MR) is 62.1 cm³/mol. The monoisotopic (exact) mass is 221 g/mol. The summed E-state index contributed by atoms with van der Waals surface area (Å²) in [5.41, 5.74) is 6.18. The summed E-state index contributed by atoms with van der Waals surface area (Å²) in [7, 11) is 0. The van der Waals surface area contributed by atoms with Crippen LogP contribution in [0.5, 0.6) is 0 Å². The minimum atomic E-state index is -0.847. The summed E-state index contributed by atoms with van der Waals surface area (Å²) in [5, 5.41) is 10.0. The third-order valence-corrected chi connectivity index (χ3v) is 2.39. The van der Waals surface area contributed by atoms with Crippen LogP contribution in [0.25, 0.3) is 0 Å². The zero-order valence-corrected chi connectivity index (χ0v) is 8.78. The van der Waals surface area contributed by atoms with E-state index >= 15 is 0 Å². The highest BCUT2D eigenvalue weighted by atomic mass is 32.1. The van der Waals surface area contributed by atoms with Crippen molar-refractivity contribution in [3.8, 4) is 0 Å². The average Bonchev–Trinajstić information content (AvgIpc) is 2.72. The van der Waals surface area contributed by atoms with Crippen molar-refractivity contribution in [3.05, 3.63) is 52.7 Å². The van der Waals surface area contributed by atoms with E-state index < -0.39 is 5.97 Å². The van der Waals surface area contributed by atoms with Crippen LogP contribution in [0.4, 0.5) is 5.69 Å². The highest BCUT2D eigenvalue weighted by Gasteiger charge is 1.99. The van der Waals surface area contributed by atoms with Crippen molar-refractivity contribution in [1.82, 2.24) is 0 Å². The summed E-state index contributed by atoms with van der Waals surface area (Å²) >= 11 is 1.23. The van der Waals surface area contributed by atoms with Gasteiger partial charge in [-0.3, -0.25) is 0 Å². The maximum Gasteiger partial charge on any atom is 0.345 e. The molecule has 15 heavy (non-hydrogen) atoms. The number of thiophene rings is 1. The molecule has 3 N–H and O–H groups in total. The van der Waals surface area contributed by atoms with E-state index in [1.807, 2.05) is 30.3 Å². The van der Waals surface area contributed by atoms with Crippen LogP contribution < -0.4 is 5.73 Å². The Morgan fingerprint density at radius 2 is 1.80 bits per heavy atom. The lowest BCUT2D eigenvalue weighted by Crippen LogP contribution is -1.89. The van der Waals surface area contributed by atoms with Crippen LogP contribution in [0.3, 0.4) is 0 Å². The Labute approximate surface area is 91.8 Å². The first kappa shape index (κ1) is 11.3. The highest BCUT2D eigenvalue weighted by Crippen LogP contribution is 2.06. The average molecular weight is 221 g/mol. The number of carboxylic acids is 1. The topological polar surface area (TPSA) is 63.3 Å². The zero-order chi connectivity index (χ0) is 11.1. The molecular formula is C11H11NO2S. The molecule has 0 unspecified atom stereocenters. The second kappa shape index (κ2) is 5.82. The van der Waals surface area contributed by atoms with Crippen molar-refractivity contribution in [2.45, 2.75) is 0 Å². The van der Waals surface area contributed by atoms with E-state index in [1.165, 1.54) is 11.3 Å². The fraction of sp³-hybridized carbons (Fsp3) is 0. The second-order valence-electron chi connectivity index (χ2n) is 2.69. The van der Waals surface area contributed by atoms with Crippen molar-refractivity contribution in [3.63, 3.8) is 0 Å². The molecule has 0 aliphatic carbocycles. The van der Waals surface area contributed by atoms with Gasteiger partial charge in [-0.1, -0.05) is 24.3 Å². The van der Waals surface area contributed by atoms with E-state index in [0.717, 1.165) is 5.69 Å². The van der Waals surface area contributed by atoms with Crippen LogP contribution in [0.2, 0.25) is 0 Å². The number of aromatic carboxylic acids is 1. The molecule has 2 aromatic rings. The second-order valence-corrected chi connectivity index (χ2v) is 3.64. The number of carboxylic acid groups (broad SMARTS) is 1. The lowest BCUT2D eigenvalue weighted by Gasteiger charge is -1.83. The molecule has 0 bridgehead atoms. The van der Waals surface area contributed by atoms with E-state index in [4.69, 9.17) is 10.8 Å².